The number of terminal acetylenes is 1. The normalized spacial score (nSPS) is 11.6. The Kier molecular flexibility index (Phi) is 9.94. The predicted molar refractivity (Wildman–Crippen MR) is 148 cm³/mol. The summed E-state index contributed by atoms with van der Waals surface area (Å²) in [5.74, 6) is -0.796. The van der Waals surface area contributed by atoms with E-state index in [1.54, 1.807) is 42.7 Å². The van der Waals surface area contributed by atoms with Crippen LogP contribution < -0.4 is 11.1 Å². The van der Waals surface area contributed by atoms with E-state index in [0.717, 1.165) is 22.4 Å². The number of halogens is 2. The van der Waals surface area contributed by atoms with Crippen LogP contribution in [0.4, 0.5) is 14.5 Å². The molecule has 0 aliphatic carbocycles. The SMILES string of the molecule is C#C.C=C/C=C(\C(C)=C(/C)NC(=C)Cc1cc(-c2cnccc2C)cc(F)c1N)c1ccccc1F. The van der Waals surface area contributed by atoms with Gasteiger partial charge in [0.05, 0.1) is 5.69 Å². The van der Waals surface area contributed by atoms with Crippen LogP contribution in [0.15, 0.2) is 97.1 Å². The molecule has 184 valence electrons. The number of pyridine rings is 1. The molecule has 0 aliphatic rings. The molecule has 2 aromatic carbocycles. The quantitative estimate of drug-likeness (QED) is 0.200. The number of hydrogen-bond acceptors (Lipinski definition) is 3. The van der Waals surface area contributed by atoms with Crippen LogP contribution in [0.25, 0.3) is 16.7 Å². The van der Waals surface area contributed by atoms with E-state index >= 15 is 0 Å². The number of nitrogens with two attached hydrogens (primary N) is 1. The number of hydrogen-bond donors (Lipinski definition) is 2. The van der Waals surface area contributed by atoms with Crippen molar-refractivity contribution in [1.29, 1.82) is 0 Å². The highest BCUT2D eigenvalue weighted by Crippen LogP contribution is 2.30. The van der Waals surface area contributed by atoms with E-state index in [4.69, 9.17) is 5.73 Å². The molecule has 5 heteroatoms. The first-order valence-corrected chi connectivity index (χ1v) is 11.3. The van der Waals surface area contributed by atoms with E-state index in [1.165, 1.54) is 12.1 Å². The third-order valence-corrected chi connectivity index (χ3v) is 5.75. The Morgan fingerprint density at radius 2 is 1.81 bits per heavy atom. The Hall–Kier alpha value is -4.43. The zero-order valence-electron chi connectivity index (χ0n) is 20.9. The van der Waals surface area contributed by atoms with Gasteiger partial charge in [-0.2, -0.15) is 0 Å². The van der Waals surface area contributed by atoms with Crippen LogP contribution in [0, 0.1) is 31.4 Å². The number of nitrogen functional groups attached to an aromatic ring is 1. The van der Waals surface area contributed by atoms with Gasteiger partial charge in [0.25, 0.3) is 0 Å². The molecule has 3 nitrogen and oxygen atoms in total. The molecule has 0 unspecified atom stereocenters. The second-order valence-electron chi connectivity index (χ2n) is 8.17. The summed E-state index contributed by atoms with van der Waals surface area (Å²) in [5.41, 5.74) is 12.8. The Bertz CT molecular complexity index is 1350. The van der Waals surface area contributed by atoms with E-state index in [2.05, 4.69) is 36.3 Å². The number of rotatable bonds is 8. The van der Waals surface area contributed by atoms with Crippen LogP contribution in [0.3, 0.4) is 0 Å². The molecule has 0 fully saturated rings. The summed E-state index contributed by atoms with van der Waals surface area (Å²) in [6.07, 6.45) is 15.1. The molecule has 0 spiro atoms. The number of allylic oxidation sites excluding steroid dienone is 6. The van der Waals surface area contributed by atoms with Crippen molar-refractivity contribution >= 4 is 11.3 Å². The summed E-state index contributed by atoms with van der Waals surface area (Å²) in [7, 11) is 0. The van der Waals surface area contributed by atoms with Gasteiger partial charge in [0, 0.05) is 41.3 Å². The minimum atomic E-state index is -0.484. The summed E-state index contributed by atoms with van der Waals surface area (Å²) in [6, 6.07) is 11.8. The standard InChI is InChI=1S/C29H29F2N3.C2H2/c1-6-9-24(25-10-7-8-11-27(25)30)20(4)21(5)34-19(3)14-23-15-22(16-28(31)29(23)32)26-17-33-13-12-18(26)2;1-2/h6-13,15-17,34H,1,3,14,32H2,2,4-5H3;1-2H/b21-20+,24-9+;. The molecule has 0 saturated carbocycles. The monoisotopic (exact) mass is 483 g/mol. The topological polar surface area (TPSA) is 50.9 Å². The van der Waals surface area contributed by atoms with E-state index in [0.29, 0.717) is 34.4 Å². The highest BCUT2D eigenvalue weighted by atomic mass is 19.1. The number of aryl methyl sites for hydroxylation is 1. The molecule has 1 heterocycles. The fourth-order valence-corrected chi connectivity index (χ4v) is 3.79. The molecule has 1 aromatic heterocycles. The van der Waals surface area contributed by atoms with Gasteiger partial charge in [-0.3, -0.25) is 4.98 Å². The number of anilines is 1. The molecule has 0 aliphatic heterocycles. The average molecular weight is 484 g/mol. The Balaban J connectivity index is 0.00000222. The number of nitrogens with one attached hydrogen (secondary N) is 1. The Morgan fingerprint density at radius 3 is 2.44 bits per heavy atom. The summed E-state index contributed by atoms with van der Waals surface area (Å²) in [4.78, 5) is 4.16. The van der Waals surface area contributed by atoms with Crippen LogP contribution >= 0.6 is 0 Å². The molecule has 36 heavy (non-hydrogen) atoms. The van der Waals surface area contributed by atoms with Crippen molar-refractivity contribution in [3.05, 3.63) is 125 Å². The fourth-order valence-electron chi connectivity index (χ4n) is 3.79. The molecule has 3 N–H and O–H groups in total. The van der Waals surface area contributed by atoms with Gasteiger partial charge in [-0.25, -0.2) is 8.78 Å². The van der Waals surface area contributed by atoms with Gasteiger partial charge in [-0.1, -0.05) is 43.5 Å². The van der Waals surface area contributed by atoms with Gasteiger partial charge in [-0.05, 0) is 72.9 Å². The van der Waals surface area contributed by atoms with Crippen LogP contribution in [-0.4, -0.2) is 4.98 Å². The zero-order chi connectivity index (χ0) is 26.8. The molecule has 0 bridgehead atoms. The summed E-state index contributed by atoms with van der Waals surface area (Å²) in [5, 5.41) is 3.27. The van der Waals surface area contributed by atoms with Crippen molar-refractivity contribution in [3.8, 4) is 24.0 Å². The van der Waals surface area contributed by atoms with Crippen LogP contribution in [0.5, 0.6) is 0 Å². The first-order chi connectivity index (χ1) is 17.2. The fraction of sp³-hybridized carbons (Fsp3) is 0.129. The van der Waals surface area contributed by atoms with Crippen LogP contribution in [0.2, 0.25) is 0 Å². The maximum absolute atomic E-state index is 14.7. The van der Waals surface area contributed by atoms with E-state index in [-0.39, 0.29) is 11.5 Å². The molecule has 0 amide bonds. The molecule has 0 atom stereocenters. The number of aromatic nitrogens is 1. The number of nitrogens with zero attached hydrogens (tertiary/aromatic N) is 1. The van der Waals surface area contributed by atoms with Crippen LogP contribution in [0.1, 0.15) is 30.5 Å². The van der Waals surface area contributed by atoms with Crippen molar-refractivity contribution in [2.24, 2.45) is 0 Å². The molecular formula is C31H31F2N3. The summed E-state index contributed by atoms with van der Waals surface area (Å²) in [6.45, 7) is 13.6. The lowest BCUT2D eigenvalue weighted by Gasteiger charge is -2.17. The average Bonchev–Trinajstić information content (AvgIpc) is 2.87. The van der Waals surface area contributed by atoms with E-state index in [1.807, 2.05) is 32.9 Å². The summed E-state index contributed by atoms with van der Waals surface area (Å²) >= 11 is 0. The van der Waals surface area contributed by atoms with Gasteiger partial charge in [-0.15, -0.1) is 12.8 Å². The van der Waals surface area contributed by atoms with E-state index in [9.17, 15) is 8.78 Å². The third kappa shape index (κ3) is 6.58. The third-order valence-electron chi connectivity index (χ3n) is 5.75. The highest BCUT2D eigenvalue weighted by Gasteiger charge is 2.14. The van der Waals surface area contributed by atoms with Gasteiger partial charge >= 0.3 is 0 Å². The highest BCUT2D eigenvalue weighted by molar-refractivity contribution is 5.80. The van der Waals surface area contributed by atoms with Crippen molar-refractivity contribution in [3.63, 3.8) is 0 Å². The first kappa shape index (κ1) is 27.8. The Morgan fingerprint density at radius 1 is 1.11 bits per heavy atom. The molecule has 0 saturated heterocycles. The second-order valence-corrected chi connectivity index (χ2v) is 8.17. The first-order valence-electron chi connectivity index (χ1n) is 11.3. The maximum atomic E-state index is 14.7. The molecule has 3 aromatic rings. The minimum absolute atomic E-state index is 0.0881. The lowest BCUT2D eigenvalue weighted by molar-refractivity contribution is 0.624. The minimum Gasteiger partial charge on any atom is -0.396 e. The van der Waals surface area contributed by atoms with Gasteiger partial charge in [0.2, 0.25) is 0 Å². The van der Waals surface area contributed by atoms with E-state index < -0.39 is 5.82 Å². The van der Waals surface area contributed by atoms with Gasteiger partial charge in [0.1, 0.15) is 11.6 Å². The second kappa shape index (κ2) is 12.9. The lowest BCUT2D eigenvalue weighted by Crippen LogP contribution is -2.15. The Labute approximate surface area is 212 Å². The van der Waals surface area contributed by atoms with Gasteiger partial charge in [0.15, 0.2) is 0 Å². The maximum Gasteiger partial charge on any atom is 0.146 e. The summed E-state index contributed by atoms with van der Waals surface area (Å²) < 4.78 is 29.1. The van der Waals surface area contributed by atoms with Crippen molar-refractivity contribution in [2.75, 3.05) is 5.73 Å². The van der Waals surface area contributed by atoms with Crippen molar-refractivity contribution < 1.29 is 8.78 Å². The largest absolute Gasteiger partial charge is 0.396 e. The van der Waals surface area contributed by atoms with Crippen molar-refractivity contribution in [1.82, 2.24) is 10.3 Å². The van der Waals surface area contributed by atoms with Gasteiger partial charge < -0.3 is 11.1 Å². The molecule has 0 radical (unpaired) electrons. The van der Waals surface area contributed by atoms with Crippen molar-refractivity contribution in [2.45, 2.75) is 27.2 Å². The van der Waals surface area contributed by atoms with Crippen LogP contribution in [-0.2, 0) is 6.42 Å². The number of benzene rings is 2. The molecular weight excluding hydrogens is 452 g/mol. The lowest BCUT2D eigenvalue weighted by atomic mass is 9.96. The zero-order valence-corrected chi connectivity index (χ0v) is 20.9. The predicted octanol–water partition coefficient (Wildman–Crippen LogP) is 7.38. The smallest absolute Gasteiger partial charge is 0.146 e. The molecule has 3 rings (SSSR count).